The maximum absolute atomic E-state index is 12.8. The van der Waals surface area contributed by atoms with E-state index in [2.05, 4.69) is 10.3 Å². The maximum Gasteiger partial charge on any atom is 0.416 e. The number of rotatable bonds is 5. The van der Waals surface area contributed by atoms with Crippen molar-refractivity contribution < 1.29 is 18.0 Å². The van der Waals surface area contributed by atoms with E-state index >= 15 is 0 Å². The molecule has 4 nitrogen and oxygen atoms in total. The Kier molecular flexibility index (Phi) is 9.05. The molecule has 0 aliphatic heterocycles. The minimum absolute atomic E-state index is 0. The second-order valence-electron chi connectivity index (χ2n) is 6.16. The van der Waals surface area contributed by atoms with Crippen LogP contribution in [0.3, 0.4) is 0 Å². The highest BCUT2D eigenvalue weighted by Gasteiger charge is 2.30. The van der Waals surface area contributed by atoms with Gasteiger partial charge in [0.05, 0.1) is 17.7 Å². The maximum atomic E-state index is 12.8. The summed E-state index contributed by atoms with van der Waals surface area (Å²) in [5.74, 6) is -0.227. The Labute approximate surface area is 166 Å². The number of carbonyl (C=O) groups is 1. The average molecular weight is 430 g/mol. The highest BCUT2D eigenvalue weighted by atomic mass is 35.5. The van der Waals surface area contributed by atoms with Gasteiger partial charge in [0.1, 0.15) is 5.01 Å². The predicted molar refractivity (Wildman–Crippen MR) is 102 cm³/mol. The van der Waals surface area contributed by atoms with E-state index < -0.39 is 17.3 Å². The quantitative estimate of drug-likeness (QED) is 0.752. The zero-order valence-corrected chi connectivity index (χ0v) is 16.5. The number of hydrogen-bond acceptors (Lipinski definition) is 4. The monoisotopic (exact) mass is 429 g/mol. The van der Waals surface area contributed by atoms with Crippen molar-refractivity contribution in [2.24, 2.45) is 5.73 Å². The predicted octanol–water partition coefficient (Wildman–Crippen LogP) is 4.07. The molecule has 1 heterocycles. The van der Waals surface area contributed by atoms with Crippen LogP contribution in [0.15, 0.2) is 29.6 Å². The van der Waals surface area contributed by atoms with E-state index in [1.807, 2.05) is 0 Å². The van der Waals surface area contributed by atoms with Crippen molar-refractivity contribution in [2.45, 2.75) is 32.0 Å². The molecule has 1 amide bonds. The molecule has 26 heavy (non-hydrogen) atoms. The number of thiazole rings is 1. The molecule has 3 N–H and O–H groups in total. The molecule has 1 aromatic heterocycles. The summed E-state index contributed by atoms with van der Waals surface area (Å²) >= 11 is 1.20. The van der Waals surface area contributed by atoms with Crippen LogP contribution in [0.1, 0.15) is 25.1 Å². The lowest BCUT2D eigenvalue weighted by molar-refractivity contribution is -0.137. The number of amides is 1. The number of aromatic nitrogens is 1. The van der Waals surface area contributed by atoms with Gasteiger partial charge in [-0.2, -0.15) is 13.2 Å². The zero-order chi connectivity index (χ0) is 18.0. The minimum Gasteiger partial charge on any atom is -0.354 e. The molecule has 0 atom stereocenters. The number of nitrogens with one attached hydrogen (secondary N) is 1. The van der Waals surface area contributed by atoms with Gasteiger partial charge in [0.15, 0.2) is 0 Å². The molecule has 0 aliphatic rings. The molecule has 0 saturated carbocycles. The lowest BCUT2D eigenvalue weighted by atomic mass is 10.1. The van der Waals surface area contributed by atoms with E-state index in [1.165, 1.54) is 17.4 Å². The molecule has 2 rings (SSSR count). The largest absolute Gasteiger partial charge is 0.416 e. The standard InChI is InChI=1S/C16H18F3N3OS.2ClH/c1-15(2,20)9-21-13(23)7-12-8-24-14(22-12)10-4-3-5-11(6-10)16(17,18)19;;/h3-6,8H,7,9,20H2,1-2H3,(H,21,23);2*1H. The van der Waals surface area contributed by atoms with Gasteiger partial charge in [-0.3, -0.25) is 4.79 Å². The Morgan fingerprint density at radius 3 is 2.50 bits per heavy atom. The van der Waals surface area contributed by atoms with Crippen LogP contribution in [-0.4, -0.2) is 23.0 Å². The van der Waals surface area contributed by atoms with Crippen molar-refractivity contribution >= 4 is 42.1 Å². The molecule has 1 aromatic carbocycles. The number of nitrogens with two attached hydrogens (primary N) is 1. The molecule has 0 saturated heterocycles. The summed E-state index contributed by atoms with van der Waals surface area (Å²) in [5.41, 5.74) is 5.44. The van der Waals surface area contributed by atoms with Crippen LogP contribution in [0.5, 0.6) is 0 Å². The lowest BCUT2D eigenvalue weighted by Crippen LogP contribution is -2.45. The van der Waals surface area contributed by atoms with Crippen LogP contribution in [0, 0.1) is 0 Å². The number of nitrogens with zero attached hydrogens (tertiary/aromatic N) is 1. The molecule has 0 spiro atoms. The first-order valence-electron chi connectivity index (χ1n) is 7.22. The molecular formula is C16H20Cl2F3N3OS. The summed E-state index contributed by atoms with van der Waals surface area (Å²) < 4.78 is 38.3. The van der Waals surface area contributed by atoms with Crippen LogP contribution < -0.4 is 11.1 Å². The number of alkyl halides is 3. The molecule has 0 bridgehead atoms. The van der Waals surface area contributed by atoms with E-state index in [1.54, 1.807) is 25.3 Å². The Bertz CT molecular complexity index is 730. The summed E-state index contributed by atoms with van der Waals surface area (Å²) in [6, 6.07) is 4.98. The highest BCUT2D eigenvalue weighted by Crippen LogP contribution is 2.33. The highest BCUT2D eigenvalue weighted by molar-refractivity contribution is 7.13. The Morgan fingerprint density at radius 1 is 1.27 bits per heavy atom. The van der Waals surface area contributed by atoms with Crippen LogP contribution in [0.25, 0.3) is 10.6 Å². The molecule has 10 heteroatoms. The fourth-order valence-corrected chi connectivity index (χ4v) is 2.72. The second-order valence-corrected chi connectivity index (χ2v) is 7.02. The topological polar surface area (TPSA) is 68.0 Å². The Morgan fingerprint density at radius 2 is 1.92 bits per heavy atom. The van der Waals surface area contributed by atoms with Gasteiger partial charge in [-0.25, -0.2) is 4.98 Å². The van der Waals surface area contributed by atoms with E-state index in [9.17, 15) is 18.0 Å². The van der Waals surface area contributed by atoms with Crippen molar-refractivity contribution in [3.63, 3.8) is 0 Å². The first-order valence-corrected chi connectivity index (χ1v) is 8.10. The van der Waals surface area contributed by atoms with Crippen LogP contribution in [-0.2, 0) is 17.4 Å². The van der Waals surface area contributed by atoms with Crippen molar-refractivity contribution in [1.29, 1.82) is 0 Å². The third-order valence-electron chi connectivity index (χ3n) is 3.07. The van der Waals surface area contributed by atoms with E-state index in [4.69, 9.17) is 5.73 Å². The van der Waals surface area contributed by atoms with Crippen LogP contribution >= 0.6 is 36.2 Å². The molecule has 146 valence electrons. The molecule has 0 unspecified atom stereocenters. The fraction of sp³-hybridized carbons (Fsp3) is 0.375. The van der Waals surface area contributed by atoms with Crippen LogP contribution in [0.2, 0.25) is 0 Å². The summed E-state index contributed by atoms with van der Waals surface area (Å²) in [7, 11) is 0. The number of carbonyl (C=O) groups excluding carboxylic acids is 1. The normalized spacial score (nSPS) is 11.3. The SMILES string of the molecule is CC(C)(N)CNC(=O)Cc1csc(-c2cccc(C(F)(F)F)c2)n1.Cl.Cl. The van der Waals surface area contributed by atoms with Gasteiger partial charge in [0, 0.05) is 23.0 Å². The van der Waals surface area contributed by atoms with Gasteiger partial charge in [0.2, 0.25) is 5.91 Å². The number of hydrogen-bond donors (Lipinski definition) is 2. The fourth-order valence-electron chi connectivity index (χ4n) is 1.90. The smallest absolute Gasteiger partial charge is 0.354 e. The number of benzene rings is 1. The van der Waals surface area contributed by atoms with Crippen molar-refractivity contribution in [3.05, 3.63) is 40.9 Å². The van der Waals surface area contributed by atoms with Crippen molar-refractivity contribution in [2.75, 3.05) is 6.54 Å². The second kappa shape index (κ2) is 9.55. The average Bonchev–Trinajstić information content (AvgIpc) is 2.92. The third kappa shape index (κ3) is 7.49. The first-order chi connectivity index (χ1) is 11.0. The van der Waals surface area contributed by atoms with Gasteiger partial charge in [-0.15, -0.1) is 36.2 Å². The molecule has 0 radical (unpaired) electrons. The summed E-state index contributed by atoms with van der Waals surface area (Å²) in [6.45, 7) is 3.92. The van der Waals surface area contributed by atoms with Gasteiger partial charge >= 0.3 is 6.18 Å². The summed E-state index contributed by atoms with van der Waals surface area (Å²) in [6.07, 6.45) is -4.34. The number of halogens is 5. The Hall–Kier alpha value is -1.35. The van der Waals surface area contributed by atoms with E-state index in [0.717, 1.165) is 12.1 Å². The van der Waals surface area contributed by atoms with E-state index in [0.29, 0.717) is 22.8 Å². The van der Waals surface area contributed by atoms with E-state index in [-0.39, 0.29) is 37.1 Å². The lowest BCUT2D eigenvalue weighted by Gasteiger charge is -2.18. The summed E-state index contributed by atoms with van der Waals surface area (Å²) in [5, 5.41) is 4.82. The van der Waals surface area contributed by atoms with Gasteiger partial charge in [-0.05, 0) is 26.0 Å². The third-order valence-corrected chi connectivity index (χ3v) is 4.01. The zero-order valence-electron chi connectivity index (χ0n) is 14.1. The molecule has 0 fully saturated rings. The molecule has 0 aliphatic carbocycles. The van der Waals surface area contributed by atoms with Crippen LogP contribution in [0.4, 0.5) is 13.2 Å². The molecule has 2 aromatic rings. The first kappa shape index (κ1) is 24.7. The van der Waals surface area contributed by atoms with Gasteiger partial charge < -0.3 is 11.1 Å². The van der Waals surface area contributed by atoms with Crippen molar-refractivity contribution in [3.8, 4) is 10.6 Å². The minimum atomic E-state index is -4.40. The van der Waals surface area contributed by atoms with Gasteiger partial charge in [-0.1, -0.05) is 12.1 Å². The van der Waals surface area contributed by atoms with Crippen molar-refractivity contribution in [1.82, 2.24) is 10.3 Å². The molecular weight excluding hydrogens is 410 g/mol. The summed E-state index contributed by atoms with van der Waals surface area (Å²) in [4.78, 5) is 16.1. The van der Waals surface area contributed by atoms with Gasteiger partial charge in [0.25, 0.3) is 0 Å². The Balaban J connectivity index is 0.00000312.